The smallest absolute Gasteiger partial charge is 0.163 e. The van der Waals surface area contributed by atoms with Crippen LogP contribution < -0.4 is 4.90 Å². The summed E-state index contributed by atoms with van der Waals surface area (Å²) in [5.41, 5.74) is 1.09. The Kier molecular flexibility index (Phi) is 3.68. The van der Waals surface area contributed by atoms with Crippen LogP contribution in [0.25, 0.3) is 0 Å². The second-order valence-electron chi connectivity index (χ2n) is 3.40. The Hall–Kier alpha value is -1.55. The van der Waals surface area contributed by atoms with Crippen molar-refractivity contribution in [2.24, 2.45) is 0 Å². The lowest BCUT2D eigenvalue weighted by Crippen LogP contribution is -2.21. The Labute approximate surface area is 88.8 Å². The largest absolute Gasteiger partial charge is 0.507 e. The minimum atomic E-state index is -0.163. The monoisotopic (exact) mass is 209 g/mol. The molecular weight excluding hydrogens is 194 g/mol. The zero-order chi connectivity index (χ0) is 11.4. The van der Waals surface area contributed by atoms with Gasteiger partial charge in [-0.25, -0.2) is 0 Å². The van der Waals surface area contributed by atoms with Crippen molar-refractivity contribution in [1.29, 1.82) is 0 Å². The number of ketones is 1. The van der Waals surface area contributed by atoms with Crippen LogP contribution in [0.15, 0.2) is 18.2 Å². The summed E-state index contributed by atoms with van der Waals surface area (Å²) >= 11 is 0. The molecular formula is C11H15NO3. The first-order chi connectivity index (χ1) is 7.06. The molecule has 0 saturated carbocycles. The lowest BCUT2D eigenvalue weighted by atomic mass is 10.1. The molecule has 2 N–H and O–H groups in total. The molecule has 0 aliphatic carbocycles. The van der Waals surface area contributed by atoms with E-state index in [2.05, 4.69) is 0 Å². The fourth-order valence-electron chi connectivity index (χ4n) is 1.33. The van der Waals surface area contributed by atoms with Crippen molar-refractivity contribution in [3.63, 3.8) is 0 Å². The molecule has 4 nitrogen and oxygen atoms in total. The molecule has 0 spiro atoms. The topological polar surface area (TPSA) is 60.8 Å². The van der Waals surface area contributed by atoms with E-state index in [1.54, 1.807) is 24.1 Å². The number of aliphatic hydroxyl groups is 1. The van der Waals surface area contributed by atoms with Gasteiger partial charge in [0.15, 0.2) is 5.78 Å². The average Bonchev–Trinajstić information content (AvgIpc) is 2.17. The first-order valence-electron chi connectivity index (χ1n) is 4.72. The Morgan fingerprint density at radius 3 is 2.60 bits per heavy atom. The van der Waals surface area contributed by atoms with Crippen LogP contribution in [0.3, 0.4) is 0 Å². The minimum absolute atomic E-state index is 0.0233. The second kappa shape index (κ2) is 4.79. The number of aliphatic hydroxyl groups excluding tert-OH is 1. The molecule has 0 heterocycles. The number of hydrogen-bond acceptors (Lipinski definition) is 4. The van der Waals surface area contributed by atoms with Crippen LogP contribution in [0.5, 0.6) is 5.75 Å². The summed E-state index contributed by atoms with van der Waals surface area (Å²) in [7, 11) is 1.80. The fraction of sp³-hybridized carbons (Fsp3) is 0.364. The van der Waals surface area contributed by atoms with Gasteiger partial charge in [0, 0.05) is 25.3 Å². The first-order valence-corrected chi connectivity index (χ1v) is 4.72. The number of carbonyl (C=O) groups excluding carboxylic acids is 1. The quantitative estimate of drug-likeness (QED) is 0.727. The van der Waals surface area contributed by atoms with Crippen molar-refractivity contribution in [2.75, 3.05) is 25.1 Å². The predicted molar refractivity (Wildman–Crippen MR) is 58.5 cm³/mol. The molecule has 0 amide bonds. The van der Waals surface area contributed by atoms with Gasteiger partial charge in [-0.3, -0.25) is 4.79 Å². The van der Waals surface area contributed by atoms with Crippen LogP contribution in [0.2, 0.25) is 0 Å². The van der Waals surface area contributed by atoms with Gasteiger partial charge in [-0.1, -0.05) is 0 Å². The third-order valence-corrected chi connectivity index (χ3v) is 2.24. The molecule has 82 valence electrons. The van der Waals surface area contributed by atoms with Gasteiger partial charge in [0.05, 0.1) is 12.2 Å². The summed E-state index contributed by atoms with van der Waals surface area (Å²) in [5.74, 6) is -0.186. The van der Waals surface area contributed by atoms with E-state index in [9.17, 15) is 9.90 Å². The first kappa shape index (κ1) is 11.5. The number of likely N-dealkylation sites (N-methyl/N-ethyl adjacent to an activating group) is 1. The maximum Gasteiger partial charge on any atom is 0.163 e. The lowest BCUT2D eigenvalue weighted by molar-refractivity contribution is 0.101. The highest BCUT2D eigenvalue weighted by Gasteiger charge is 2.08. The minimum Gasteiger partial charge on any atom is -0.507 e. The van der Waals surface area contributed by atoms with E-state index in [4.69, 9.17) is 5.11 Å². The van der Waals surface area contributed by atoms with Gasteiger partial charge in [0.25, 0.3) is 0 Å². The van der Waals surface area contributed by atoms with Gasteiger partial charge >= 0.3 is 0 Å². The third kappa shape index (κ3) is 2.70. The van der Waals surface area contributed by atoms with Crippen LogP contribution in [0, 0.1) is 0 Å². The van der Waals surface area contributed by atoms with E-state index in [0.717, 1.165) is 5.69 Å². The molecule has 0 aromatic heterocycles. The van der Waals surface area contributed by atoms with Crippen LogP contribution in [-0.4, -0.2) is 36.2 Å². The van der Waals surface area contributed by atoms with Crippen molar-refractivity contribution >= 4 is 11.5 Å². The average molecular weight is 209 g/mol. The normalized spacial score (nSPS) is 10.1. The summed E-state index contributed by atoms with van der Waals surface area (Å²) < 4.78 is 0. The van der Waals surface area contributed by atoms with Crippen LogP contribution in [0.1, 0.15) is 17.3 Å². The van der Waals surface area contributed by atoms with Gasteiger partial charge in [0.1, 0.15) is 5.75 Å². The Morgan fingerprint density at radius 1 is 1.47 bits per heavy atom. The standard InChI is InChI=1S/C11H15NO3/c1-8(14)10-4-3-9(7-11(10)15)12(2)5-6-13/h3-4,7,13,15H,5-6H2,1-2H3. The maximum absolute atomic E-state index is 11.1. The molecule has 4 heteroatoms. The Bertz CT molecular complexity index is 363. The van der Waals surface area contributed by atoms with E-state index in [0.29, 0.717) is 12.1 Å². The summed E-state index contributed by atoms with van der Waals surface area (Å²) in [5, 5.41) is 18.3. The molecule has 0 fully saturated rings. The van der Waals surface area contributed by atoms with Crippen LogP contribution in [0.4, 0.5) is 5.69 Å². The highest BCUT2D eigenvalue weighted by atomic mass is 16.3. The lowest BCUT2D eigenvalue weighted by Gasteiger charge is -2.18. The number of phenols is 1. The molecule has 0 atom stereocenters. The van der Waals surface area contributed by atoms with Crippen molar-refractivity contribution < 1.29 is 15.0 Å². The molecule has 0 aliphatic rings. The number of carbonyl (C=O) groups is 1. The Morgan fingerprint density at radius 2 is 2.13 bits per heavy atom. The van der Waals surface area contributed by atoms with Gasteiger partial charge < -0.3 is 15.1 Å². The number of Topliss-reactive ketones (excluding diaryl/α,β-unsaturated/α-hetero) is 1. The third-order valence-electron chi connectivity index (χ3n) is 2.24. The SMILES string of the molecule is CC(=O)c1ccc(N(C)CCO)cc1O. The molecule has 0 radical (unpaired) electrons. The number of hydrogen-bond donors (Lipinski definition) is 2. The predicted octanol–water partition coefficient (Wildman–Crippen LogP) is 1.02. The summed E-state index contributed by atoms with van der Waals surface area (Å²) in [6, 6.07) is 4.85. The molecule has 0 aliphatic heterocycles. The summed E-state index contributed by atoms with van der Waals surface area (Å²) in [6.45, 7) is 1.94. The van der Waals surface area contributed by atoms with Crippen molar-refractivity contribution in [1.82, 2.24) is 0 Å². The molecule has 1 rings (SSSR count). The molecule has 15 heavy (non-hydrogen) atoms. The molecule has 0 bridgehead atoms. The van der Waals surface area contributed by atoms with Crippen LogP contribution >= 0.6 is 0 Å². The van der Waals surface area contributed by atoms with Crippen molar-refractivity contribution in [2.45, 2.75) is 6.92 Å². The number of rotatable bonds is 4. The van der Waals surface area contributed by atoms with Gasteiger partial charge in [-0.15, -0.1) is 0 Å². The number of nitrogens with zero attached hydrogens (tertiary/aromatic N) is 1. The zero-order valence-corrected chi connectivity index (χ0v) is 8.90. The second-order valence-corrected chi connectivity index (χ2v) is 3.40. The number of benzene rings is 1. The number of anilines is 1. The van der Waals surface area contributed by atoms with Crippen molar-refractivity contribution in [3.05, 3.63) is 23.8 Å². The van der Waals surface area contributed by atoms with Gasteiger partial charge in [-0.2, -0.15) is 0 Å². The van der Waals surface area contributed by atoms with E-state index in [-0.39, 0.29) is 18.1 Å². The van der Waals surface area contributed by atoms with Crippen molar-refractivity contribution in [3.8, 4) is 5.75 Å². The Balaban J connectivity index is 2.96. The molecule has 1 aromatic rings. The molecule has 0 unspecified atom stereocenters. The van der Waals surface area contributed by atoms with Gasteiger partial charge in [0.2, 0.25) is 0 Å². The summed E-state index contributed by atoms with van der Waals surface area (Å²) in [4.78, 5) is 12.9. The van der Waals surface area contributed by atoms with E-state index in [1.165, 1.54) is 13.0 Å². The fourth-order valence-corrected chi connectivity index (χ4v) is 1.33. The van der Waals surface area contributed by atoms with Gasteiger partial charge in [-0.05, 0) is 19.1 Å². The highest BCUT2D eigenvalue weighted by Crippen LogP contribution is 2.24. The van der Waals surface area contributed by atoms with E-state index < -0.39 is 0 Å². The van der Waals surface area contributed by atoms with E-state index in [1.807, 2.05) is 0 Å². The molecule has 0 saturated heterocycles. The zero-order valence-electron chi connectivity index (χ0n) is 8.90. The summed E-state index contributed by atoms with van der Waals surface area (Å²) in [6.07, 6.45) is 0. The van der Waals surface area contributed by atoms with Crippen LogP contribution in [-0.2, 0) is 0 Å². The number of aromatic hydroxyl groups is 1. The molecule has 1 aromatic carbocycles. The highest BCUT2D eigenvalue weighted by molar-refractivity contribution is 5.97. The van der Waals surface area contributed by atoms with E-state index >= 15 is 0 Å². The maximum atomic E-state index is 11.1. The number of phenolic OH excluding ortho intramolecular Hbond substituents is 1.